The summed E-state index contributed by atoms with van der Waals surface area (Å²) < 4.78 is 10.9. The SMILES string of the molecule is NC1CCCC1Cc1cccc2c1OCO2. The van der Waals surface area contributed by atoms with Gasteiger partial charge in [0, 0.05) is 6.04 Å². The van der Waals surface area contributed by atoms with Crippen molar-refractivity contribution in [3.63, 3.8) is 0 Å². The molecule has 0 amide bonds. The second kappa shape index (κ2) is 3.98. The van der Waals surface area contributed by atoms with Gasteiger partial charge in [-0.1, -0.05) is 18.6 Å². The molecule has 1 aliphatic carbocycles. The minimum Gasteiger partial charge on any atom is -0.454 e. The Morgan fingerprint density at radius 3 is 3.00 bits per heavy atom. The molecular weight excluding hydrogens is 202 g/mol. The van der Waals surface area contributed by atoms with Gasteiger partial charge in [0.1, 0.15) is 0 Å². The summed E-state index contributed by atoms with van der Waals surface area (Å²) in [7, 11) is 0. The van der Waals surface area contributed by atoms with Crippen LogP contribution in [0.2, 0.25) is 0 Å². The van der Waals surface area contributed by atoms with E-state index in [9.17, 15) is 0 Å². The Morgan fingerprint density at radius 1 is 1.25 bits per heavy atom. The van der Waals surface area contributed by atoms with Crippen molar-refractivity contribution in [3.05, 3.63) is 23.8 Å². The van der Waals surface area contributed by atoms with Crippen molar-refractivity contribution < 1.29 is 9.47 Å². The number of benzene rings is 1. The molecule has 1 aromatic carbocycles. The molecule has 1 aromatic rings. The summed E-state index contributed by atoms with van der Waals surface area (Å²) in [5, 5.41) is 0. The first-order valence-corrected chi connectivity index (χ1v) is 5.97. The van der Waals surface area contributed by atoms with E-state index in [-0.39, 0.29) is 0 Å². The highest BCUT2D eigenvalue weighted by Gasteiger charge is 2.26. The van der Waals surface area contributed by atoms with Crippen LogP contribution >= 0.6 is 0 Å². The standard InChI is InChI=1S/C13H17NO2/c14-11-5-1-3-9(11)7-10-4-2-6-12-13(10)16-8-15-12/h2,4,6,9,11H,1,3,5,7-8,14H2. The molecule has 1 fully saturated rings. The van der Waals surface area contributed by atoms with Crippen molar-refractivity contribution in [2.24, 2.45) is 11.7 Å². The van der Waals surface area contributed by atoms with Gasteiger partial charge in [-0.3, -0.25) is 0 Å². The van der Waals surface area contributed by atoms with Crippen molar-refractivity contribution in [1.29, 1.82) is 0 Å². The topological polar surface area (TPSA) is 44.5 Å². The number of fused-ring (bicyclic) bond motifs is 1. The van der Waals surface area contributed by atoms with E-state index in [1.54, 1.807) is 0 Å². The Bertz CT molecular complexity index is 392. The minimum absolute atomic E-state index is 0.350. The van der Waals surface area contributed by atoms with Gasteiger partial charge in [0.05, 0.1) is 0 Å². The highest BCUT2D eigenvalue weighted by atomic mass is 16.7. The fraction of sp³-hybridized carbons (Fsp3) is 0.538. The van der Waals surface area contributed by atoms with Gasteiger partial charge in [-0.25, -0.2) is 0 Å². The van der Waals surface area contributed by atoms with Gasteiger partial charge >= 0.3 is 0 Å². The zero-order valence-corrected chi connectivity index (χ0v) is 9.32. The second-order valence-electron chi connectivity index (χ2n) is 4.71. The first kappa shape index (κ1) is 9.97. The van der Waals surface area contributed by atoms with Gasteiger partial charge in [0.15, 0.2) is 11.5 Å². The quantitative estimate of drug-likeness (QED) is 0.828. The van der Waals surface area contributed by atoms with Crippen molar-refractivity contribution >= 4 is 0 Å². The smallest absolute Gasteiger partial charge is 0.231 e. The Kier molecular flexibility index (Phi) is 2.48. The summed E-state index contributed by atoms with van der Waals surface area (Å²) in [6, 6.07) is 6.47. The Balaban J connectivity index is 1.82. The van der Waals surface area contributed by atoms with Crippen LogP contribution in [0.25, 0.3) is 0 Å². The summed E-state index contributed by atoms with van der Waals surface area (Å²) in [4.78, 5) is 0. The third-order valence-electron chi connectivity index (χ3n) is 3.68. The first-order chi connectivity index (χ1) is 7.84. The average molecular weight is 219 g/mol. The van der Waals surface area contributed by atoms with Crippen LogP contribution < -0.4 is 15.2 Å². The molecule has 2 unspecified atom stereocenters. The highest BCUT2D eigenvalue weighted by Crippen LogP contribution is 2.38. The minimum atomic E-state index is 0.350. The van der Waals surface area contributed by atoms with E-state index >= 15 is 0 Å². The largest absolute Gasteiger partial charge is 0.454 e. The second-order valence-corrected chi connectivity index (χ2v) is 4.71. The van der Waals surface area contributed by atoms with Gasteiger partial charge in [-0.15, -0.1) is 0 Å². The van der Waals surface area contributed by atoms with Crippen molar-refractivity contribution in [3.8, 4) is 11.5 Å². The number of hydrogen-bond donors (Lipinski definition) is 1. The van der Waals surface area contributed by atoms with Gasteiger partial charge in [0.2, 0.25) is 6.79 Å². The van der Waals surface area contributed by atoms with E-state index in [1.807, 2.05) is 12.1 Å². The summed E-state index contributed by atoms with van der Waals surface area (Å²) in [6.45, 7) is 0.350. The zero-order valence-electron chi connectivity index (χ0n) is 9.32. The maximum absolute atomic E-state index is 6.10. The Hall–Kier alpha value is -1.22. The lowest BCUT2D eigenvalue weighted by Crippen LogP contribution is -2.25. The molecule has 1 aliphatic heterocycles. The van der Waals surface area contributed by atoms with Crippen LogP contribution in [0.15, 0.2) is 18.2 Å². The molecule has 2 atom stereocenters. The predicted octanol–water partition coefficient (Wildman–Crippen LogP) is 2.09. The maximum atomic E-state index is 6.10. The van der Waals surface area contributed by atoms with Crippen LogP contribution in [-0.2, 0) is 6.42 Å². The monoisotopic (exact) mass is 219 g/mol. The highest BCUT2D eigenvalue weighted by molar-refractivity contribution is 5.48. The van der Waals surface area contributed by atoms with Crippen molar-refractivity contribution in [2.75, 3.05) is 6.79 Å². The van der Waals surface area contributed by atoms with Crippen LogP contribution in [0.1, 0.15) is 24.8 Å². The molecule has 0 saturated heterocycles. The molecule has 3 heteroatoms. The van der Waals surface area contributed by atoms with Gasteiger partial charge in [0.25, 0.3) is 0 Å². The average Bonchev–Trinajstić information content (AvgIpc) is 2.89. The molecule has 2 N–H and O–H groups in total. The third-order valence-corrected chi connectivity index (χ3v) is 3.68. The molecular formula is C13H17NO2. The van der Waals surface area contributed by atoms with Crippen molar-refractivity contribution in [1.82, 2.24) is 0 Å². The van der Waals surface area contributed by atoms with Gasteiger partial charge in [-0.05, 0) is 36.8 Å². The summed E-state index contributed by atoms with van der Waals surface area (Å²) in [5.41, 5.74) is 7.35. The Morgan fingerprint density at radius 2 is 2.19 bits per heavy atom. The first-order valence-electron chi connectivity index (χ1n) is 5.97. The molecule has 1 heterocycles. The van der Waals surface area contributed by atoms with Crippen LogP contribution in [0.4, 0.5) is 0 Å². The van der Waals surface area contributed by atoms with Gasteiger partial charge < -0.3 is 15.2 Å². The number of ether oxygens (including phenoxy) is 2. The molecule has 2 aliphatic rings. The zero-order chi connectivity index (χ0) is 11.0. The Labute approximate surface area is 95.5 Å². The molecule has 0 aromatic heterocycles. The summed E-state index contributed by atoms with van der Waals surface area (Å²) in [6.07, 6.45) is 4.69. The van der Waals surface area contributed by atoms with E-state index in [0.717, 1.165) is 24.3 Å². The van der Waals surface area contributed by atoms with E-state index < -0.39 is 0 Å². The van der Waals surface area contributed by atoms with Crippen LogP contribution in [-0.4, -0.2) is 12.8 Å². The number of hydrogen-bond acceptors (Lipinski definition) is 3. The van der Waals surface area contributed by atoms with Crippen molar-refractivity contribution in [2.45, 2.75) is 31.7 Å². The fourth-order valence-corrected chi connectivity index (χ4v) is 2.75. The summed E-state index contributed by atoms with van der Waals surface area (Å²) in [5.74, 6) is 2.42. The molecule has 3 rings (SSSR count). The molecule has 0 spiro atoms. The van der Waals surface area contributed by atoms with Gasteiger partial charge in [-0.2, -0.15) is 0 Å². The maximum Gasteiger partial charge on any atom is 0.231 e. The normalized spacial score (nSPS) is 27.3. The number of para-hydroxylation sites is 1. The number of rotatable bonds is 2. The lowest BCUT2D eigenvalue weighted by Gasteiger charge is -2.16. The lowest BCUT2D eigenvalue weighted by molar-refractivity contribution is 0.173. The molecule has 0 bridgehead atoms. The fourth-order valence-electron chi connectivity index (χ4n) is 2.75. The van der Waals surface area contributed by atoms with Crippen LogP contribution in [0.3, 0.4) is 0 Å². The predicted molar refractivity (Wildman–Crippen MR) is 61.6 cm³/mol. The molecule has 0 radical (unpaired) electrons. The van der Waals surface area contributed by atoms with E-state index in [1.165, 1.54) is 18.4 Å². The number of nitrogens with two attached hydrogens (primary N) is 1. The summed E-state index contributed by atoms with van der Waals surface area (Å²) >= 11 is 0. The molecule has 3 nitrogen and oxygen atoms in total. The third kappa shape index (κ3) is 1.65. The molecule has 1 saturated carbocycles. The molecule has 16 heavy (non-hydrogen) atoms. The van der Waals surface area contributed by atoms with Crippen LogP contribution in [0.5, 0.6) is 11.5 Å². The molecule has 86 valence electrons. The van der Waals surface area contributed by atoms with E-state index in [4.69, 9.17) is 15.2 Å². The van der Waals surface area contributed by atoms with Crippen LogP contribution in [0, 0.1) is 5.92 Å². The lowest BCUT2D eigenvalue weighted by atomic mass is 9.94. The van der Waals surface area contributed by atoms with E-state index in [2.05, 4.69) is 6.07 Å². The van der Waals surface area contributed by atoms with E-state index in [0.29, 0.717) is 18.8 Å².